The lowest BCUT2D eigenvalue weighted by molar-refractivity contribution is 0.0635. The third-order valence-corrected chi connectivity index (χ3v) is 3.85. The van der Waals surface area contributed by atoms with Crippen molar-refractivity contribution < 1.29 is 14.4 Å². The second kappa shape index (κ2) is 9.17. The van der Waals surface area contributed by atoms with Crippen molar-refractivity contribution in [1.82, 2.24) is 20.0 Å². The number of carbonyl (C=O) groups excluding carboxylic acids is 1. The molecule has 9 heteroatoms. The zero-order chi connectivity index (χ0) is 21.6. The molecule has 3 rings (SSSR count). The van der Waals surface area contributed by atoms with Gasteiger partial charge in [-0.15, -0.1) is 5.10 Å². The van der Waals surface area contributed by atoms with Crippen LogP contribution in [0.2, 0.25) is 0 Å². The molecule has 0 saturated heterocycles. The van der Waals surface area contributed by atoms with Gasteiger partial charge in [0.05, 0.1) is 23.8 Å². The Hall–Kier alpha value is -3.75. The molecular formula is C21H24N6O3. The monoisotopic (exact) mass is 408 g/mol. The van der Waals surface area contributed by atoms with Crippen molar-refractivity contribution >= 4 is 18.1 Å². The average molecular weight is 408 g/mol. The van der Waals surface area contributed by atoms with Crippen molar-refractivity contribution in [2.75, 3.05) is 5.32 Å². The Morgan fingerprint density at radius 1 is 1.20 bits per heavy atom. The normalized spacial score (nSPS) is 11.5. The lowest BCUT2D eigenvalue weighted by Crippen LogP contribution is -2.27. The Bertz CT molecular complexity index is 1020. The topological polar surface area (TPSA) is 104 Å². The molecule has 0 fully saturated rings. The molecule has 1 amide bonds. The SMILES string of the molecule is Cn1nncc1-c1ccc(/C=N/OCc2cccc(NC(=O)OC(C)(C)C)n2)cc1. The molecule has 2 aromatic heterocycles. The number of aromatic nitrogens is 4. The van der Waals surface area contributed by atoms with E-state index in [-0.39, 0.29) is 6.61 Å². The van der Waals surface area contributed by atoms with Crippen LogP contribution in [0.25, 0.3) is 11.3 Å². The van der Waals surface area contributed by atoms with E-state index in [9.17, 15) is 4.79 Å². The lowest BCUT2D eigenvalue weighted by Gasteiger charge is -2.19. The van der Waals surface area contributed by atoms with E-state index in [0.717, 1.165) is 16.8 Å². The number of pyridine rings is 1. The third kappa shape index (κ3) is 6.13. The van der Waals surface area contributed by atoms with E-state index in [0.29, 0.717) is 11.5 Å². The number of benzene rings is 1. The van der Waals surface area contributed by atoms with Crippen LogP contribution in [0.5, 0.6) is 0 Å². The summed E-state index contributed by atoms with van der Waals surface area (Å²) in [4.78, 5) is 21.5. The number of ether oxygens (including phenoxy) is 1. The minimum atomic E-state index is -0.577. The van der Waals surface area contributed by atoms with Crippen molar-refractivity contribution in [2.24, 2.45) is 12.2 Å². The summed E-state index contributed by atoms with van der Waals surface area (Å²) >= 11 is 0. The van der Waals surface area contributed by atoms with Crippen molar-refractivity contribution in [3.63, 3.8) is 0 Å². The van der Waals surface area contributed by atoms with Crippen molar-refractivity contribution in [3.8, 4) is 11.3 Å². The van der Waals surface area contributed by atoms with E-state index in [1.807, 2.05) is 31.3 Å². The van der Waals surface area contributed by atoms with Gasteiger partial charge in [-0.25, -0.2) is 14.5 Å². The summed E-state index contributed by atoms with van der Waals surface area (Å²) in [5.74, 6) is 0.384. The van der Waals surface area contributed by atoms with Crippen molar-refractivity contribution in [1.29, 1.82) is 0 Å². The zero-order valence-electron chi connectivity index (χ0n) is 17.4. The van der Waals surface area contributed by atoms with Gasteiger partial charge in [0.1, 0.15) is 11.4 Å². The highest BCUT2D eigenvalue weighted by Crippen LogP contribution is 2.17. The van der Waals surface area contributed by atoms with Crippen LogP contribution in [0.4, 0.5) is 10.6 Å². The maximum absolute atomic E-state index is 11.8. The van der Waals surface area contributed by atoms with Crippen LogP contribution in [-0.4, -0.2) is 37.9 Å². The second-order valence-corrected chi connectivity index (χ2v) is 7.51. The van der Waals surface area contributed by atoms with Gasteiger partial charge < -0.3 is 9.57 Å². The van der Waals surface area contributed by atoms with Crippen molar-refractivity contribution in [2.45, 2.75) is 33.0 Å². The predicted octanol–water partition coefficient (Wildman–Crippen LogP) is 3.77. The fourth-order valence-corrected chi connectivity index (χ4v) is 2.53. The summed E-state index contributed by atoms with van der Waals surface area (Å²) in [5.41, 5.74) is 2.88. The number of amides is 1. The molecule has 2 heterocycles. The summed E-state index contributed by atoms with van der Waals surface area (Å²) in [6.07, 6.45) is 2.77. The summed E-state index contributed by atoms with van der Waals surface area (Å²) in [5, 5.41) is 14.4. The summed E-state index contributed by atoms with van der Waals surface area (Å²) in [7, 11) is 1.84. The number of aryl methyl sites for hydroxylation is 1. The van der Waals surface area contributed by atoms with Gasteiger partial charge in [-0.3, -0.25) is 5.32 Å². The highest BCUT2D eigenvalue weighted by Gasteiger charge is 2.16. The summed E-state index contributed by atoms with van der Waals surface area (Å²) in [6, 6.07) is 13.0. The van der Waals surface area contributed by atoms with Gasteiger partial charge in [0.25, 0.3) is 0 Å². The van der Waals surface area contributed by atoms with E-state index >= 15 is 0 Å². The van der Waals surface area contributed by atoms with Crippen molar-refractivity contribution in [3.05, 3.63) is 59.9 Å². The first-order chi connectivity index (χ1) is 14.3. The van der Waals surface area contributed by atoms with E-state index in [1.165, 1.54) is 0 Å². The Balaban J connectivity index is 1.52. The minimum absolute atomic E-state index is 0.166. The Morgan fingerprint density at radius 2 is 1.97 bits per heavy atom. The fourth-order valence-electron chi connectivity index (χ4n) is 2.53. The molecule has 0 aliphatic heterocycles. The molecule has 1 N–H and O–H groups in total. The maximum atomic E-state index is 11.8. The number of nitrogens with one attached hydrogen (secondary N) is 1. The lowest BCUT2D eigenvalue weighted by atomic mass is 10.1. The van der Waals surface area contributed by atoms with Gasteiger partial charge in [0.15, 0.2) is 6.61 Å². The summed E-state index contributed by atoms with van der Waals surface area (Å²) in [6.45, 7) is 5.56. The predicted molar refractivity (Wildman–Crippen MR) is 113 cm³/mol. The van der Waals surface area contributed by atoms with E-state index < -0.39 is 11.7 Å². The molecule has 0 bridgehead atoms. The highest BCUT2D eigenvalue weighted by atomic mass is 16.6. The number of hydrogen-bond acceptors (Lipinski definition) is 7. The second-order valence-electron chi connectivity index (χ2n) is 7.51. The van der Waals surface area contributed by atoms with Gasteiger partial charge in [-0.1, -0.05) is 40.7 Å². The number of carbonyl (C=O) groups is 1. The molecule has 0 aliphatic rings. The molecule has 0 saturated carbocycles. The van der Waals surface area contributed by atoms with Gasteiger partial charge >= 0.3 is 6.09 Å². The Kier molecular flexibility index (Phi) is 6.41. The molecule has 0 unspecified atom stereocenters. The maximum Gasteiger partial charge on any atom is 0.413 e. The molecule has 0 atom stereocenters. The number of anilines is 1. The van der Waals surface area contributed by atoms with Gasteiger partial charge in [0, 0.05) is 12.6 Å². The highest BCUT2D eigenvalue weighted by molar-refractivity contribution is 5.83. The fraction of sp³-hybridized carbons (Fsp3) is 0.286. The third-order valence-electron chi connectivity index (χ3n) is 3.85. The molecule has 30 heavy (non-hydrogen) atoms. The molecular weight excluding hydrogens is 384 g/mol. The molecule has 0 spiro atoms. The first-order valence-corrected chi connectivity index (χ1v) is 9.36. The van der Waals surface area contributed by atoms with Gasteiger partial charge in [-0.2, -0.15) is 0 Å². The molecule has 1 aromatic carbocycles. The van der Waals surface area contributed by atoms with Crippen LogP contribution >= 0.6 is 0 Å². The molecule has 0 aliphatic carbocycles. The number of nitrogens with zero attached hydrogens (tertiary/aromatic N) is 5. The van der Waals surface area contributed by atoms with Crippen LogP contribution < -0.4 is 5.32 Å². The van der Waals surface area contributed by atoms with Crippen LogP contribution in [0.15, 0.2) is 53.8 Å². The van der Waals surface area contributed by atoms with Crippen LogP contribution in [0.1, 0.15) is 32.0 Å². The van der Waals surface area contributed by atoms with Gasteiger partial charge in [0.2, 0.25) is 0 Å². The smallest absolute Gasteiger partial charge is 0.413 e. The minimum Gasteiger partial charge on any atom is -0.444 e. The summed E-state index contributed by atoms with van der Waals surface area (Å²) < 4.78 is 6.93. The van der Waals surface area contributed by atoms with Crippen LogP contribution in [0, 0.1) is 0 Å². The molecule has 156 valence electrons. The average Bonchev–Trinajstić information content (AvgIpc) is 3.10. The number of hydrogen-bond donors (Lipinski definition) is 1. The largest absolute Gasteiger partial charge is 0.444 e. The van der Waals surface area contributed by atoms with Gasteiger partial charge in [-0.05, 0) is 38.5 Å². The number of rotatable bonds is 6. The Morgan fingerprint density at radius 3 is 2.63 bits per heavy atom. The molecule has 9 nitrogen and oxygen atoms in total. The zero-order valence-corrected chi connectivity index (χ0v) is 17.4. The van der Waals surface area contributed by atoms with E-state index in [1.54, 1.807) is 56.1 Å². The number of oxime groups is 1. The van der Waals surface area contributed by atoms with Crippen LogP contribution in [-0.2, 0) is 23.2 Å². The Labute approximate surface area is 174 Å². The standard InChI is InChI=1S/C21H24N6O3/c1-21(2,3)30-20(28)25-19-7-5-6-17(24-19)14-29-23-12-15-8-10-16(11-9-15)18-13-22-26-27(18)4/h5-13H,14H2,1-4H3,(H,24,25,28)/b23-12+. The van der Waals surface area contributed by atoms with Crippen LogP contribution in [0.3, 0.4) is 0 Å². The first kappa shape index (κ1) is 21.0. The van der Waals surface area contributed by atoms with E-state index in [2.05, 4.69) is 25.8 Å². The quantitative estimate of drug-likeness (QED) is 0.492. The molecule has 0 radical (unpaired) electrons. The van der Waals surface area contributed by atoms with E-state index in [4.69, 9.17) is 9.57 Å². The first-order valence-electron chi connectivity index (χ1n) is 9.36. The molecule has 3 aromatic rings.